The maximum absolute atomic E-state index is 6.15. The van der Waals surface area contributed by atoms with E-state index in [0.29, 0.717) is 17.6 Å². The van der Waals surface area contributed by atoms with Crippen LogP contribution in [0.3, 0.4) is 0 Å². The lowest BCUT2D eigenvalue weighted by Crippen LogP contribution is -2.02. The van der Waals surface area contributed by atoms with E-state index in [9.17, 15) is 0 Å². The molecular weight excluding hydrogens is 366 g/mol. The molecule has 0 radical (unpaired) electrons. The molecule has 0 bridgehead atoms. The van der Waals surface area contributed by atoms with Gasteiger partial charge in [0.1, 0.15) is 5.82 Å². The fourth-order valence-electron chi connectivity index (χ4n) is 2.75. The van der Waals surface area contributed by atoms with E-state index in [1.807, 2.05) is 30.3 Å². The van der Waals surface area contributed by atoms with Crippen molar-refractivity contribution in [3.63, 3.8) is 0 Å². The summed E-state index contributed by atoms with van der Waals surface area (Å²) in [5, 5.41) is 20.1. The molecule has 4 rings (SSSR count). The highest BCUT2D eigenvalue weighted by atomic mass is 15.6. The third kappa shape index (κ3) is 4.01. The number of hydrogen-bond acceptors (Lipinski definition) is 7. The fourth-order valence-corrected chi connectivity index (χ4v) is 2.75. The standard InChI is InChI=1S/C20H21N9/c1-20(2,3)8-10-29-16-6-5-13(11-15(16)18(21)25-29)14-7-9-22-17(12-14)23-19-24-27-28(4)26-19/h5-7,9,11-12H,1-4H3,(H2,21,25)(H,22,23,26). The maximum Gasteiger partial charge on any atom is 0.268 e. The Labute approximate surface area is 167 Å². The van der Waals surface area contributed by atoms with Crippen molar-refractivity contribution in [3.8, 4) is 23.1 Å². The molecule has 0 spiro atoms. The minimum absolute atomic E-state index is 0.120. The van der Waals surface area contributed by atoms with Gasteiger partial charge in [-0.3, -0.25) is 0 Å². The zero-order chi connectivity index (χ0) is 20.6. The lowest BCUT2D eigenvalue weighted by molar-refractivity contribution is 0.569. The molecule has 9 nitrogen and oxygen atoms in total. The van der Waals surface area contributed by atoms with E-state index >= 15 is 0 Å². The number of rotatable bonds is 3. The Balaban J connectivity index is 1.69. The number of fused-ring (bicyclic) bond motifs is 1. The second-order valence-electron chi connectivity index (χ2n) is 7.67. The van der Waals surface area contributed by atoms with Gasteiger partial charge in [0.25, 0.3) is 5.95 Å². The van der Waals surface area contributed by atoms with Crippen LogP contribution in [0.1, 0.15) is 20.8 Å². The van der Waals surface area contributed by atoms with Gasteiger partial charge in [-0.25, -0.2) is 4.98 Å². The molecular formula is C20H21N9. The van der Waals surface area contributed by atoms with E-state index in [2.05, 4.69) is 63.5 Å². The topological polar surface area (TPSA) is 112 Å². The molecule has 0 fully saturated rings. The van der Waals surface area contributed by atoms with Crippen LogP contribution in [0.2, 0.25) is 0 Å². The van der Waals surface area contributed by atoms with Crippen LogP contribution in [-0.4, -0.2) is 35.0 Å². The summed E-state index contributed by atoms with van der Waals surface area (Å²) in [4.78, 5) is 5.69. The highest BCUT2D eigenvalue weighted by molar-refractivity contribution is 5.93. The van der Waals surface area contributed by atoms with Crippen LogP contribution in [0.25, 0.3) is 22.0 Å². The Morgan fingerprint density at radius 3 is 2.59 bits per heavy atom. The van der Waals surface area contributed by atoms with Crippen LogP contribution >= 0.6 is 0 Å². The molecule has 0 aliphatic heterocycles. The van der Waals surface area contributed by atoms with Crippen molar-refractivity contribution in [2.45, 2.75) is 20.8 Å². The minimum Gasteiger partial charge on any atom is -0.382 e. The summed E-state index contributed by atoms with van der Waals surface area (Å²) in [5.74, 6) is 4.63. The van der Waals surface area contributed by atoms with E-state index in [4.69, 9.17) is 5.73 Å². The fraction of sp³-hybridized carbons (Fsp3) is 0.250. The first-order chi connectivity index (χ1) is 13.8. The van der Waals surface area contributed by atoms with Crippen molar-refractivity contribution in [3.05, 3.63) is 36.5 Å². The highest BCUT2D eigenvalue weighted by Gasteiger charge is 2.11. The van der Waals surface area contributed by atoms with Crippen LogP contribution < -0.4 is 11.1 Å². The molecule has 0 atom stereocenters. The van der Waals surface area contributed by atoms with Gasteiger partial charge < -0.3 is 11.1 Å². The van der Waals surface area contributed by atoms with Crippen molar-refractivity contribution in [1.82, 2.24) is 35.0 Å². The molecule has 9 heteroatoms. The molecule has 3 aromatic heterocycles. The summed E-state index contributed by atoms with van der Waals surface area (Å²) in [5.41, 5.74) is 8.87. The third-order valence-corrected chi connectivity index (χ3v) is 4.09. The van der Waals surface area contributed by atoms with E-state index in [1.165, 1.54) is 4.80 Å². The van der Waals surface area contributed by atoms with Gasteiger partial charge in [-0.05, 0) is 61.4 Å². The average Bonchev–Trinajstić information content (AvgIpc) is 3.22. The molecule has 3 N–H and O–H groups in total. The number of anilines is 3. The van der Waals surface area contributed by atoms with Crippen LogP contribution in [0.4, 0.5) is 17.6 Å². The summed E-state index contributed by atoms with van der Waals surface area (Å²) in [6, 6.07) is 12.9. The first kappa shape index (κ1) is 18.4. The molecule has 0 amide bonds. The Bertz CT molecular complexity index is 1250. The first-order valence-corrected chi connectivity index (χ1v) is 9.07. The summed E-state index contributed by atoms with van der Waals surface area (Å²) < 4.78 is 1.64. The maximum atomic E-state index is 6.15. The highest BCUT2D eigenvalue weighted by Crippen LogP contribution is 2.28. The predicted octanol–water partition coefficient (Wildman–Crippen LogP) is 2.80. The minimum atomic E-state index is -0.120. The number of aryl methyl sites for hydroxylation is 1. The van der Waals surface area contributed by atoms with Gasteiger partial charge in [0, 0.05) is 23.0 Å². The van der Waals surface area contributed by atoms with Crippen LogP contribution in [0.15, 0.2) is 36.5 Å². The van der Waals surface area contributed by atoms with E-state index in [1.54, 1.807) is 17.9 Å². The van der Waals surface area contributed by atoms with Crippen molar-refractivity contribution in [2.24, 2.45) is 12.5 Å². The largest absolute Gasteiger partial charge is 0.382 e. The molecule has 146 valence electrons. The number of nitrogen functional groups attached to an aromatic ring is 1. The number of aromatic nitrogens is 7. The van der Waals surface area contributed by atoms with Gasteiger partial charge in [0.2, 0.25) is 0 Å². The second-order valence-corrected chi connectivity index (χ2v) is 7.67. The molecule has 3 heterocycles. The molecule has 0 aliphatic carbocycles. The first-order valence-electron chi connectivity index (χ1n) is 9.07. The Kier molecular flexibility index (Phi) is 4.39. The zero-order valence-corrected chi connectivity index (χ0v) is 16.7. The quantitative estimate of drug-likeness (QED) is 0.520. The normalized spacial score (nSPS) is 11.3. The van der Waals surface area contributed by atoms with E-state index in [-0.39, 0.29) is 5.41 Å². The van der Waals surface area contributed by atoms with Gasteiger partial charge >= 0.3 is 0 Å². The number of tetrazole rings is 1. The average molecular weight is 387 g/mol. The molecule has 29 heavy (non-hydrogen) atoms. The molecule has 0 aliphatic rings. The SMILES string of the molecule is Cn1nnc(Nc2cc(-c3ccc4c(c3)c(N)nn4C#CC(C)(C)C)ccn2)n1. The lowest BCUT2D eigenvalue weighted by atomic mass is 9.99. The molecule has 4 aromatic rings. The van der Waals surface area contributed by atoms with Crippen molar-refractivity contribution < 1.29 is 0 Å². The van der Waals surface area contributed by atoms with Crippen molar-refractivity contribution >= 4 is 28.5 Å². The van der Waals surface area contributed by atoms with Gasteiger partial charge in [-0.2, -0.15) is 9.48 Å². The van der Waals surface area contributed by atoms with Crippen LogP contribution in [-0.2, 0) is 7.05 Å². The number of pyridine rings is 1. The summed E-state index contributed by atoms with van der Waals surface area (Å²) in [6.45, 7) is 6.16. The van der Waals surface area contributed by atoms with E-state index in [0.717, 1.165) is 22.0 Å². The Morgan fingerprint density at radius 1 is 1.07 bits per heavy atom. The second kappa shape index (κ2) is 6.91. The van der Waals surface area contributed by atoms with Gasteiger partial charge in [0.15, 0.2) is 5.82 Å². The Morgan fingerprint density at radius 2 is 1.86 bits per heavy atom. The number of hydrogen-bond donors (Lipinski definition) is 2. The molecule has 1 aromatic carbocycles. The summed E-state index contributed by atoms with van der Waals surface area (Å²) in [7, 11) is 1.70. The molecule has 0 saturated carbocycles. The number of nitrogens with two attached hydrogens (primary N) is 1. The van der Waals surface area contributed by atoms with Crippen LogP contribution in [0, 0.1) is 17.4 Å². The monoisotopic (exact) mass is 387 g/mol. The number of benzene rings is 1. The van der Waals surface area contributed by atoms with Gasteiger partial charge in [-0.1, -0.05) is 17.1 Å². The smallest absolute Gasteiger partial charge is 0.268 e. The number of nitrogens with zero attached hydrogens (tertiary/aromatic N) is 7. The zero-order valence-electron chi connectivity index (χ0n) is 16.7. The van der Waals surface area contributed by atoms with Crippen molar-refractivity contribution in [2.75, 3.05) is 11.1 Å². The molecule has 0 saturated heterocycles. The van der Waals surface area contributed by atoms with Gasteiger partial charge in [-0.15, -0.1) is 10.2 Å². The van der Waals surface area contributed by atoms with Gasteiger partial charge in [0.05, 0.1) is 12.6 Å². The van der Waals surface area contributed by atoms with Crippen molar-refractivity contribution in [1.29, 1.82) is 0 Å². The Hall–Kier alpha value is -3.93. The number of nitrogens with one attached hydrogen (secondary N) is 1. The third-order valence-electron chi connectivity index (χ3n) is 4.09. The molecule has 0 unspecified atom stereocenters. The summed E-state index contributed by atoms with van der Waals surface area (Å²) >= 11 is 0. The van der Waals surface area contributed by atoms with Crippen LogP contribution in [0.5, 0.6) is 0 Å². The predicted molar refractivity (Wildman–Crippen MR) is 112 cm³/mol. The van der Waals surface area contributed by atoms with E-state index < -0.39 is 0 Å². The lowest BCUT2D eigenvalue weighted by Gasteiger charge is -2.07. The summed E-state index contributed by atoms with van der Waals surface area (Å²) in [6.07, 6.45) is 1.72.